The van der Waals surface area contributed by atoms with Gasteiger partial charge in [0.2, 0.25) is 6.79 Å². The third-order valence-corrected chi connectivity index (χ3v) is 7.66. The van der Waals surface area contributed by atoms with Crippen LogP contribution in [0.3, 0.4) is 0 Å². The molecule has 2 aromatic carbocycles. The summed E-state index contributed by atoms with van der Waals surface area (Å²) in [6.07, 6.45) is 0. The van der Waals surface area contributed by atoms with Crippen LogP contribution in [-0.4, -0.2) is 33.0 Å². The Labute approximate surface area is 172 Å². The number of benzene rings is 2. The molecule has 4 rings (SSSR count). The van der Waals surface area contributed by atoms with Crippen LogP contribution in [0.2, 0.25) is 5.02 Å². The van der Waals surface area contributed by atoms with Gasteiger partial charge in [0.15, 0.2) is 26.8 Å². The number of hydrogen-bond acceptors (Lipinski definition) is 7. The zero-order valence-corrected chi connectivity index (χ0v) is 16.9. The molecule has 0 radical (unpaired) electrons. The van der Waals surface area contributed by atoms with E-state index in [1.54, 1.807) is 25.1 Å². The SMILES string of the molecule is CCOC(=O)[C@@]1(C#N)[C@@H](c2ccc3c(c2)OCO3)[C@@H]1S(=O)(=O)c1ccc(Cl)cc1. The van der Waals surface area contributed by atoms with E-state index in [4.69, 9.17) is 25.8 Å². The molecule has 29 heavy (non-hydrogen) atoms. The lowest BCUT2D eigenvalue weighted by Gasteiger charge is -2.09. The average molecular weight is 434 g/mol. The first-order valence-corrected chi connectivity index (χ1v) is 10.8. The van der Waals surface area contributed by atoms with Crippen molar-refractivity contribution in [1.29, 1.82) is 5.26 Å². The highest BCUT2D eigenvalue weighted by atomic mass is 35.5. The molecule has 0 aromatic heterocycles. The Hall–Kier alpha value is -2.76. The van der Waals surface area contributed by atoms with Crippen LogP contribution < -0.4 is 9.47 Å². The average Bonchev–Trinajstić information content (AvgIpc) is 3.20. The van der Waals surface area contributed by atoms with Gasteiger partial charge in [-0.2, -0.15) is 5.26 Å². The van der Waals surface area contributed by atoms with E-state index >= 15 is 0 Å². The molecule has 0 amide bonds. The molecule has 0 saturated heterocycles. The van der Waals surface area contributed by atoms with E-state index in [2.05, 4.69) is 0 Å². The fourth-order valence-corrected chi connectivity index (χ4v) is 6.14. The molecule has 7 nitrogen and oxygen atoms in total. The summed E-state index contributed by atoms with van der Waals surface area (Å²) >= 11 is 5.86. The number of carbonyl (C=O) groups is 1. The summed E-state index contributed by atoms with van der Waals surface area (Å²) < 4.78 is 42.4. The molecule has 1 fully saturated rings. The van der Waals surface area contributed by atoms with Crippen molar-refractivity contribution in [3.8, 4) is 17.6 Å². The molecule has 3 atom stereocenters. The highest BCUT2D eigenvalue weighted by Crippen LogP contribution is 2.65. The standard InChI is InChI=1S/C20H16ClNO6S/c1-2-26-19(23)20(10-22)17(12-3-8-15-16(9-12)28-11-27-15)18(20)29(24,25)14-6-4-13(21)5-7-14/h3-9,17-18H,2,11H2,1H3/t17-,18-,20-/m0/s1. The number of halogens is 1. The fraction of sp³-hybridized carbons (Fsp3) is 0.300. The number of carbonyl (C=O) groups excluding carboxylic acids is 1. The first-order valence-electron chi connectivity index (χ1n) is 8.83. The van der Waals surface area contributed by atoms with Gasteiger partial charge in [-0.15, -0.1) is 0 Å². The lowest BCUT2D eigenvalue weighted by molar-refractivity contribution is -0.147. The smallest absolute Gasteiger partial charge is 0.328 e. The van der Waals surface area contributed by atoms with Crippen LogP contribution in [0.1, 0.15) is 18.4 Å². The zero-order chi connectivity index (χ0) is 20.8. The Balaban J connectivity index is 1.82. The predicted octanol–water partition coefficient (Wildman–Crippen LogP) is 3.08. The van der Waals surface area contributed by atoms with Gasteiger partial charge in [-0.05, 0) is 48.9 Å². The highest BCUT2D eigenvalue weighted by molar-refractivity contribution is 7.92. The molecule has 2 aliphatic rings. The van der Waals surface area contributed by atoms with E-state index in [0.29, 0.717) is 22.1 Å². The van der Waals surface area contributed by atoms with Crippen molar-refractivity contribution in [2.24, 2.45) is 5.41 Å². The maximum absolute atomic E-state index is 13.3. The normalized spacial score (nSPS) is 24.6. The largest absolute Gasteiger partial charge is 0.465 e. The van der Waals surface area contributed by atoms with Crippen molar-refractivity contribution in [3.05, 3.63) is 53.1 Å². The molecule has 1 saturated carbocycles. The molecule has 2 aromatic rings. The quantitative estimate of drug-likeness (QED) is 0.667. The number of esters is 1. The Kier molecular flexibility index (Phi) is 4.68. The molecule has 150 valence electrons. The predicted molar refractivity (Wildman–Crippen MR) is 102 cm³/mol. The Bertz CT molecular complexity index is 1120. The second-order valence-electron chi connectivity index (χ2n) is 6.71. The minimum absolute atomic E-state index is 0.0148. The molecular formula is C20H16ClNO6S. The minimum Gasteiger partial charge on any atom is -0.465 e. The van der Waals surface area contributed by atoms with Gasteiger partial charge < -0.3 is 14.2 Å². The third kappa shape index (κ3) is 2.93. The van der Waals surface area contributed by atoms with Crippen molar-refractivity contribution in [2.45, 2.75) is 23.0 Å². The van der Waals surface area contributed by atoms with Crippen molar-refractivity contribution in [2.75, 3.05) is 13.4 Å². The monoisotopic (exact) mass is 433 g/mol. The molecule has 9 heteroatoms. The number of nitrogens with zero attached hydrogens (tertiary/aromatic N) is 1. The summed E-state index contributed by atoms with van der Waals surface area (Å²) in [6, 6.07) is 12.4. The van der Waals surface area contributed by atoms with Crippen LogP contribution in [0.4, 0.5) is 0 Å². The topological polar surface area (TPSA) is 103 Å². The van der Waals surface area contributed by atoms with Gasteiger partial charge in [-0.25, -0.2) is 8.42 Å². The third-order valence-electron chi connectivity index (χ3n) is 5.16. The van der Waals surface area contributed by atoms with Crippen molar-refractivity contribution in [3.63, 3.8) is 0 Å². The van der Waals surface area contributed by atoms with Crippen LogP contribution >= 0.6 is 11.6 Å². The minimum atomic E-state index is -4.03. The van der Waals surface area contributed by atoms with Gasteiger partial charge in [-0.3, -0.25) is 4.79 Å². The summed E-state index contributed by atoms with van der Waals surface area (Å²) in [6.45, 7) is 1.69. The van der Waals surface area contributed by atoms with Gasteiger partial charge in [0.05, 0.1) is 17.6 Å². The van der Waals surface area contributed by atoms with Gasteiger partial charge in [-0.1, -0.05) is 17.7 Å². The Morgan fingerprint density at radius 3 is 2.59 bits per heavy atom. The molecule has 1 aliphatic carbocycles. The van der Waals surface area contributed by atoms with Gasteiger partial charge >= 0.3 is 5.97 Å². The van der Waals surface area contributed by atoms with Gasteiger partial charge in [0, 0.05) is 10.9 Å². The highest BCUT2D eigenvalue weighted by Gasteiger charge is 2.77. The van der Waals surface area contributed by atoms with E-state index in [-0.39, 0.29) is 18.3 Å². The first-order chi connectivity index (χ1) is 13.9. The number of rotatable bonds is 5. The Morgan fingerprint density at radius 1 is 1.24 bits per heavy atom. The Morgan fingerprint density at radius 2 is 1.93 bits per heavy atom. The van der Waals surface area contributed by atoms with Gasteiger partial charge in [0.1, 0.15) is 5.25 Å². The molecule has 0 bridgehead atoms. The summed E-state index contributed by atoms with van der Waals surface area (Å²) in [4.78, 5) is 12.7. The summed E-state index contributed by atoms with van der Waals surface area (Å²) in [5.41, 5.74) is -1.35. The number of fused-ring (bicyclic) bond motifs is 1. The van der Waals surface area contributed by atoms with Crippen LogP contribution in [0.5, 0.6) is 11.5 Å². The first kappa shape index (κ1) is 19.6. The van der Waals surface area contributed by atoms with Crippen LogP contribution in [0.15, 0.2) is 47.4 Å². The summed E-state index contributed by atoms with van der Waals surface area (Å²) in [5.74, 6) is -0.799. The summed E-state index contributed by atoms with van der Waals surface area (Å²) in [5, 5.41) is 9.00. The van der Waals surface area contributed by atoms with E-state index in [1.165, 1.54) is 24.3 Å². The van der Waals surface area contributed by atoms with E-state index < -0.39 is 32.4 Å². The lowest BCUT2D eigenvalue weighted by Crippen LogP contribution is -2.25. The molecule has 0 N–H and O–H groups in total. The van der Waals surface area contributed by atoms with Crippen molar-refractivity contribution < 1.29 is 27.4 Å². The van der Waals surface area contributed by atoms with Crippen LogP contribution in [0, 0.1) is 16.7 Å². The number of sulfone groups is 1. The fourth-order valence-electron chi connectivity index (χ4n) is 3.77. The summed E-state index contributed by atoms with van der Waals surface area (Å²) in [7, 11) is -4.03. The molecular weight excluding hydrogens is 418 g/mol. The number of nitriles is 1. The maximum atomic E-state index is 13.3. The number of hydrogen-bond donors (Lipinski definition) is 0. The number of ether oxygens (including phenoxy) is 3. The second kappa shape index (κ2) is 6.94. The van der Waals surface area contributed by atoms with Crippen LogP contribution in [-0.2, 0) is 19.4 Å². The van der Waals surface area contributed by atoms with E-state index in [1.807, 2.05) is 6.07 Å². The second-order valence-corrected chi connectivity index (χ2v) is 9.22. The molecule has 0 unspecified atom stereocenters. The van der Waals surface area contributed by atoms with E-state index in [0.717, 1.165) is 0 Å². The lowest BCUT2D eigenvalue weighted by atomic mass is 10.0. The van der Waals surface area contributed by atoms with Crippen molar-refractivity contribution in [1.82, 2.24) is 0 Å². The zero-order valence-electron chi connectivity index (χ0n) is 15.3. The molecule has 0 spiro atoms. The van der Waals surface area contributed by atoms with Crippen LogP contribution in [0.25, 0.3) is 0 Å². The van der Waals surface area contributed by atoms with Gasteiger partial charge in [0.25, 0.3) is 0 Å². The maximum Gasteiger partial charge on any atom is 0.328 e. The van der Waals surface area contributed by atoms with Crippen molar-refractivity contribution >= 4 is 27.4 Å². The van der Waals surface area contributed by atoms with E-state index in [9.17, 15) is 18.5 Å². The molecule has 1 aliphatic heterocycles. The molecule has 1 heterocycles.